The summed E-state index contributed by atoms with van der Waals surface area (Å²) in [4.78, 5) is 25.5. The molecule has 0 spiro atoms. The van der Waals surface area contributed by atoms with Crippen molar-refractivity contribution in [2.24, 2.45) is 17.3 Å². The van der Waals surface area contributed by atoms with Crippen molar-refractivity contribution < 1.29 is 14.7 Å². The second kappa shape index (κ2) is 6.24. The molecule has 2 aliphatic rings. The number of carboxylic acid groups (broad SMARTS) is 1. The largest absolute Gasteiger partial charge is 0.481 e. The van der Waals surface area contributed by atoms with Crippen LogP contribution in [0.25, 0.3) is 0 Å². The first-order chi connectivity index (χ1) is 9.79. The van der Waals surface area contributed by atoms with E-state index in [1.54, 1.807) is 0 Å². The highest BCUT2D eigenvalue weighted by molar-refractivity contribution is 5.77. The molecule has 1 heterocycles. The van der Waals surface area contributed by atoms with E-state index in [0.717, 1.165) is 38.8 Å². The molecule has 120 valence electrons. The van der Waals surface area contributed by atoms with Gasteiger partial charge in [-0.15, -0.1) is 0 Å². The first-order valence-corrected chi connectivity index (χ1v) is 8.07. The number of likely N-dealkylation sites (tertiary alicyclic amines) is 1. The molecular weight excluding hydrogens is 268 g/mol. The highest BCUT2D eigenvalue weighted by Gasteiger charge is 2.36. The summed E-state index contributed by atoms with van der Waals surface area (Å²) < 4.78 is 0. The van der Waals surface area contributed by atoms with Crippen LogP contribution in [0.15, 0.2) is 0 Å². The second-order valence-corrected chi connectivity index (χ2v) is 7.58. The minimum Gasteiger partial charge on any atom is -0.481 e. The zero-order valence-corrected chi connectivity index (χ0v) is 13.4. The Kier molecular flexibility index (Phi) is 4.79. The molecular formula is C16H28N2O3. The molecule has 0 aromatic carbocycles. The summed E-state index contributed by atoms with van der Waals surface area (Å²) in [6.45, 7) is 8.18. The lowest BCUT2D eigenvalue weighted by Gasteiger charge is -2.31. The maximum atomic E-state index is 12.4. The van der Waals surface area contributed by atoms with Gasteiger partial charge in [0, 0.05) is 19.1 Å². The number of hydrogen-bond acceptors (Lipinski definition) is 2. The van der Waals surface area contributed by atoms with E-state index in [1.807, 2.05) is 4.90 Å². The quantitative estimate of drug-likeness (QED) is 0.823. The van der Waals surface area contributed by atoms with Crippen LogP contribution in [0.5, 0.6) is 0 Å². The minimum atomic E-state index is -0.783. The Morgan fingerprint density at radius 3 is 2.38 bits per heavy atom. The summed E-state index contributed by atoms with van der Waals surface area (Å²) in [7, 11) is 0. The molecule has 2 fully saturated rings. The number of rotatable bonds is 2. The van der Waals surface area contributed by atoms with Crippen LogP contribution < -0.4 is 5.32 Å². The van der Waals surface area contributed by atoms with Crippen molar-refractivity contribution in [2.75, 3.05) is 13.1 Å². The molecule has 3 atom stereocenters. The van der Waals surface area contributed by atoms with Gasteiger partial charge >= 0.3 is 12.0 Å². The van der Waals surface area contributed by atoms with E-state index in [-0.39, 0.29) is 17.5 Å². The molecule has 1 aliphatic carbocycles. The Bertz CT molecular complexity index is 403. The first-order valence-electron chi connectivity index (χ1n) is 8.07. The van der Waals surface area contributed by atoms with E-state index < -0.39 is 11.9 Å². The van der Waals surface area contributed by atoms with Crippen LogP contribution >= 0.6 is 0 Å². The van der Waals surface area contributed by atoms with Gasteiger partial charge in [0.15, 0.2) is 0 Å². The molecule has 5 heteroatoms. The highest BCUT2D eigenvalue weighted by atomic mass is 16.4. The molecule has 0 bridgehead atoms. The lowest BCUT2D eigenvalue weighted by Crippen LogP contribution is -2.49. The van der Waals surface area contributed by atoms with Crippen LogP contribution in [0.2, 0.25) is 0 Å². The number of nitrogens with zero attached hydrogens (tertiary/aromatic N) is 1. The predicted octanol–water partition coefficient (Wildman–Crippen LogP) is 2.71. The number of carbonyl (C=O) groups is 2. The molecule has 2 amide bonds. The number of nitrogens with one attached hydrogen (secondary N) is 1. The highest BCUT2D eigenvalue weighted by Crippen LogP contribution is 2.33. The van der Waals surface area contributed by atoms with E-state index >= 15 is 0 Å². The van der Waals surface area contributed by atoms with E-state index in [1.165, 1.54) is 0 Å². The number of hydrogen-bond donors (Lipinski definition) is 2. The SMILES string of the molecule is CC(C)(C)C1CCN(C(=O)NC2CCCCC2C(=O)O)C1. The van der Waals surface area contributed by atoms with Gasteiger partial charge in [-0.2, -0.15) is 0 Å². The minimum absolute atomic E-state index is 0.0834. The third-order valence-corrected chi connectivity index (χ3v) is 5.09. The molecule has 21 heavy (non-hydrogen) atoms. The van der Waals surface area contributed by atoms with E-state index in [4.69, 9.17) is 0 Å². The second-order valence-electron chi connectivity index (χ2n) is 7.58. The maximum absolute atomic E-state index is 12.4. The summed E-state index contributed by atoms with van der Waals surface area (Å²) >= 11 is 0. The Labute approximate surface area is 127 Å². The van der Waals surface area contributed by atoms with E-state index in [2.05, 4.69) is 26.1 Å². The van der Waals surface area contributed by atoms with Crippen molar-refractivity contribution in [1.82, 2.24) is 10.2 Å². The van der Waals surface area contributed by atoms with Crippen molar-refractivity contribution in [3.63, 3.8) is 0 Å². The van der Waals surface area contributed by atoms with Crippen LogP contribution in [-0.4, -0.2) is 41.1 Å². The summed E-state index contributed by atoms with van der Waals surface area (Å²) in [6, 6.07) is -0.294. The van der Waals surface area contributed by atoms with Crippen LogP contribution in [0, 0.1) is 17.3 Å². The van der Waals surface area contributed by atoms with Gasteiger partial charge in [0.1, 0.15) is 0 Å². The maximum Gasteiger partial charge on any atom is 0.317 e. The first kappa shape index (κ1) is 16.1. The molecule has 0 aromatic heterocycles. The zero-order valence-electron chi connectivity index (χ0n) is 13.4. The van der Waals surface area contributed by atoms with Crippen LogP contribution in [0.3, 0.4) is 0 Å². The monoisotopic (exact) mass is 296 g/mol. The zero-order chi connectivity index (χ0) is 15.6. The van der Waals surface area contributed by atoms with Gasteiger partial charge in [-0.05, 0) is 30.6 Å². The average Bonchev–Trinajstić information content (AvgIpc) is 2.88. The standard InChI is InChI=1S/C16H28N2O3/c1-16(2,3)11-8-9-18(10-11)15(21)17-13-7-5-4-6-12(13)14(19)20/h11-13H,4-10H2,1-3H3,(H,17,21)(H,19,20). The Hall–Kier alpha value is -1.26. The van der Waals surface area contributed by atoms with E-state index in [0.29, 0.717) is 12.3 Å². The fourth-order valence-corrected chi connectivity index (χ4v) is 3.50. The normalized spacial score (nSPS) is 30.2. The number of carbonyl (C=O) groups excluding carboxylic acids is 1. The van der Waals surface area contributed by atoms with Crippen LogP contribution in [0.1, 0.15) is 52.9 Å². The number of carboxylic acids is 1. The van der Waals surface area contributed by atoms with Gasteiger partial charge < -0.3 is 15.3 Å². The molecule has 3 unspecified atom stereocenters. The Balaban J connectivity index is 1.91. The fraction of sp³-hybridized carbons (Fsp3) is 0.875. The molecule has 1 saturated heterocycles. The summed E-state index contributed by atoms with van der Waals surface area (Å²) in [5, 5.41) is 12.2. The molecule has 0 aromatic rings. The van der Waals surface area contributed by atoms with Gasteiger partial charge in [0.05, 0.1) is 5.92 Å². The topological polar surface area (TPSA) is 69.6 Å². The van der Waals surface area contributed by atoms with Gasteiger partial charge in [-0.3, -0.25) is 4.79 Å². The fourth-order valence-electron chi connectivity index (χ4n) is 3.50. The molecule has 2 N–H and O–H groups in total. The lowest BCUT2D eigenvalue weighted by atomic mass is 9.80. The Morgan fingerprint density at radius 1 is 1.14 bits per heavy atom. The third-order valence-electron chi connectivity index (χ3n) is 5.09. The number of urea groups is 1. The van der Waals surface area contributed by atoms with Crippen molar-refractivity contribution in [3.8, 4) is 0 Å². The van der Waals surface area contributed by atoms with Crippen LogP contribution in [0.4, 0.5) is 4.79 Å². The molecule has 5 nitrogen and oxygen atoms in total. The number of aliphatic carboxylic acids is 1. The number of amides is 2. The summed E-state index contributed by atoms with van der Waals surface area (Å²) in [6.07, 6.45) is 4.42. The molecule has 2 rings (SSSR count). The van der Waals surface area contributed by atoms with Gasteiger partial charge in [-0.25, -0.2) is 4.79 Å². The third kappa shape index (κ3) is 3.89. The van der Waals surface area contributed by atoms with Crippen molar-refractivity contribution in [2.45, 2.75) is 58.9 Å². The summed E-state index contributed by atoms with van der Waals surface area (Å²) in [5.41, 5.74) is 0.212. The summed E-state index contributed by atoms with van der Waals surface area (Å²) in [5.74, 6) is -0.692. The predicted molar refractivity (Wildman–Crippen MR) is 81.0 cm³/mol. The average molecular weight is 296 g/mol. The lowest BCUT2D eigenvalue weighted by molar-refractivity contribution is -0.143. The van der Waals surface area contributed by atoms with Gasteiger partial charge in [-0.1, -0.05) is 33.6 Å². The van der Waals surface area contributed by atoms with Gasteiger partial charge in [0.2, 0.25) is 0 Å². The van der Waals surface area contributed by atoms with Crippen molar-refractivity contribution >= 4 is 12.0 Å². The Morgan fingerprint density at radius 2 is 1.81 bits per heavy atom. The molecule has 0 radical (unpaired) electrons. The van der Waals surface area contributed by atoms with Gasteiger partial charge in [0.25, 0.3) is 0 Å². The smallest absolute Gasteiger partial charge is 0.317 e. The van der Waals surface area contributed by atoms with Crippen LogP contribution in [-0.2, 0) is 4.79 Å². The molecule has 1 saturated carbocycles. The van der Waals surface area contributed by atoms with Crippen molar-refractivity contribution in [1.29, 1.82) is 0 Å². The molecule has 1 aliphatic heterocycles. The van der Waals surface area contributed by atoms with Crippen molar-refractivity contribution in [3.05, 3.63) is 0 Å². The van der Waals surface area contributed by atoms with E-state index in [9.17, 15) is 14.7 Å².